The molecular weight excluding hydrogens is 899 g/mol. The Morgan fingerprint density at radius 2 is 0.622 bits per heavy atom. The molecule has 4 heterocycles. The average Bonchev–Trinajstić information content (AvgIpc) is 3.87. The third-order valence-corrected chi connectivity index (χ3v) is 14.2. The number of aryl methyl sites for hydroxylation is 1. The largest absolute Gasteiger partial charge is 0.456 e. The van der Waals surface area contributed by atoms with Crippen LogP contribution in [0.4, 0.5) is 0 Å². The van der Waals surface area contributed by atoms with Gasteiger partial charge in [0.15, 0.2) is 0 Å². The van der Waals surface area contributed by atoms with E-state index in [0.29, 0.717) is 0 Å². The number of hydrogen-bond acceptors (Lipinski definition) is 4. The number of hydrogen-bond donors (Lipinski definition) is 0. The molecule has 13 rings (SSSR count). The lowest BCUT2D eigenvalue weighted by atomic mass is 9.86. The van der Waals surface area contributed by atoms with Gasteiger partial charge in [0.05, 0.1) is 17.1 Å². The molecule has 0 saturated heterocycles. The fraction of sp³-hybridized carbons (Fsp3) is 0.0143. The zero-order chi connectivity index (χ0) is 49.4. The van der Waals surface area contributed by atoms with E-state index in [1.165, 1.54) is 5.56 Å². The maximum atomic E-state index is 6.29. The monoisotopic (exact) mass is 945 g/mol. The van der Waals surface area contributed by atoms with Crippen LogP contribution in [-0.4, -0.2) is 15.0 Å². The first-order valence-electron chi connectivity index (χ1n) is 25.0. The predicted octanol–water partition coefficient (Wildman–Crippen LogP) is 18.7. The van der Waals surface area contributed by atoms with Gasteiger partial charge in [-0.15, -0.1) is 0 Å². The highest BCUT2D eigenvalue weighted by molar-refractivity contribution is 6.06. The molecule has 348 valence electrons. The van der Waals surface area contributed by atoms with E-state index >= 15 is 0 Å². The maximum Gasteiger partial charge on any atom is 0.136 e. The number of furan rings is 1. The zero-order valence-corrected chi connectivity index (χ0v) is 40.7. The number of pyridine rings is 3. The maximum absolute atomic E-state index is 6.29. The van der Waals surface area contributed by atoms with Crippen LogP contribution in [0.15, 0.2) is 272 Å². The van der Waals surface area contributed by atoms with Crippen molar-refractivity contribution in [3.8, 4) is 112 Å². The van der Waals surface area contributed by atoms with Crippen molar-refractivity contribution in [1.29, 1.82) is 0 Å². The molecule has 0 fully saturated rings. The molecule has 0 radical (unpaired) electrons. The van der Waals surface area contributed by atoms with Crippen LogP contribution in [0.3, 0.4) is 0 Å². The third-order valence-electron chi connectivity index (χ3n) is 14.2. The smallest absolute Gasteiger partial charge is 0.136 e. The molecule has 4 aromatic heterocycles. The molecule has 0 aliphatic heterocycles. The standard InChI is InChI=1S/C70H47N3O/c1-46-28-29-50(41-65(46)49-30-34-64-63-26-14-15-27-69(63)74-70(64)42-49)68-37-33-53(45-73-68)59-22-10-13-25-62(59)56-39-54(60-23-11-8-20-57(60)51-31-35-66(71-43-51)47-16-4-2-5-17-47)38-55(40-56)61-24-12-9-21-58(61)52-32-36-67(72-44-52)48-18-6-3-7-19-48/h2-45H,1H3. The summed E-state index contributed by atoms with van der Waals surface area (Å²) >= 11 is 0. The summed E-state index contributed by atoms with van der Waals surface area (Å²) < 4.78 is 6.29. The van der Waals surface area contributed by atoms with E-state index in [2.05, 4.69) is 231 Å². The first-order valence-corrected chi connectivity index (χ1v) is 25.0. The van der Waals surface area contributed by atoms with Gasteiger partial charge in [0, 0.05) is 62.7 Å². The highest BCUT2D eigenvalue weighted by atomic mass is 16.3. The van der Waals surface area contributed by atoms with Gasteiger partial charge in [-0.1, -0.05) is 188 Å². The van der Waals surface area contributed by atoms with Crippen molar-refractivity contribution >= 4 is 21.9 Å². The number of fused-ring (bicyclic) bond motifs is 3. The summed E-state index contributed by atoms with van der Waals surface area (Å²) in [5.74, 6) is 0. The van der Waals surface area contributed by atoms with Crippen molar-refractivity contribution in [2.24, 2.45) is 0 Å². The normalized spacial score (nSPS) is 11.3. The summed E-state index contributed by atoms with van der Waals surface area (Å²) in [5.41, 5.74) is 24.4. The lowest BCUT2D eigenvalue weighted by Crippen LogP contribution is -1.93. The molecule has 0 aliphatic rings. The summed E-state index contributed by atoms with van der Waals surface area (Å²) in [6.07, 6.45) is 6.01. The molecule has 0 atom stereocenters. The van der Waals surface area contributed by atoms with E-state index in [1.54, 1.807) is 0 Å². The number of rotatable bonds is 10. The Morgan fingerprint density at radius 3 is 1.08 bits per heavy atom. The Kier molecular flexibility index (Phi) is 11.4. The highest BCUT2D eigenvalue weighted by Crippen LogP contribution is 2.43. The zero-order valence-electron chi connectivity index (χ0n) is 40.7. The van der Waals surface area contributed by atoms with Crippen LogP contribution >= 0.6 is 0 Å². The first kappa shape index (κ1) is 44.2. The lowest BCUT2D eigenvalue weighted by Gasteiger charge is -2.18. The average molecular weight is 946 g/mol. The van der Waals surface area contributed by atoms with E-state index in [1.807, 2.05) is 42.9 Å². The second kappa shape index (κ2) is 19.1. The van der Waals surface area contributed by atoms with Crippen molar-refractivity contribution in [1.82, 2.24) is 15.0 Å². The van der Waals surface area contributed by atoms with Gasteiger partial charge in [-0.3, -0.25) is 15.0 Å². The fourth-order valence-electron chi connectivity index (χ4n) is 10.4. The molecule has 9 aromatic carbocycles. The number of para-hydroxylation sites is 1. The van der Waals surface area contributed by atoms with Crippen LogP contribution in [0.5, 0.6) is 0 Å². The Morgan fingerprint density at radius 1 is 0.243 bits per heavy atom. The van der Waals surface area contributed by atoms with Gasteiger partial charge in [0.25, 0.3) is 0 Å². The van der Waals surface area contributed by atoms with Crippen molar-refractivity contribution in [3.63, 3.8) is 0 Å². The Bertz CT molecular complexity index is 4020. The summed E-state index contributed by atoms with van der Waals surface area (Å²) in [6.45, 7) is 2.16. The molecule has 4 nitrogen and oxygen atoms in total. The molecule has 0 bridgehead atoms. The third kappa shape index (κ3) is 8.44. The van der Waals surface area contributed by atoms with Crippen LogP contribution in [0.2, 0.25) is 0 Å². The van der Waals surface area contributed by atoms with E-state index < -0.39 is 0 Å². The van der Waals surface area contributed by atoms with Crippen molar-refractivity contribution < 1.29 is 4.42 Å². The van der Waals surface area contributed by atoms with E-state index in [-0.39, 0.29) is 0 Å². The molecule has 0 spiro atoms. The van der Waals surface area contributed by atoms with Gasteiger partial charge < -0.3 is 4.42 Å². The number of aromatic nitrogens is 3. The summed E-state index contributed by atoms with van der Waals surface area (Å²) in [5, 5.41) is 2.25. The highest BCUT2D eigenvalue weighted by Gasteiger charge is 2.18. The SMILES string of the molecule is Cc1ccc(-c2ccc(-c3ccccc3-c3cc(-c4ccccc4-c4ccc(-c5ccccc5)nc4)cc(-c4ccccc4-c4ccc(-c5ccccc5)nc4)c3)cn2)cc1-c1ccc2c(c1)oc1ccccc12. The number of nitrogens with zero attached hydrogens (tertiary/aromatic N) is 3. The van der Waals surface area contributed by atoms with Crippen LogP contribution in [-0.2, 0) is 0 Å². The first-order chi connectivity index (χ1) is 36.6. The summed E-state index contributed by atoms with van der Waals surface area (Å²) in [4.78, 5) is 15.1. The van der Waals surface area contributed by atoms with Gasteiger partial charge in [0.2, 0.25) is 0 Å². The second-order valence-electron chi connectivity index (χ2n) is 18.8. The summed E-state index contributed by atoms with van der Waals surface area (Å²) in [7, 11) is 0. The molecule has 0 saturated carbocycles. The molecule has 0 amide bonds. The molecule has 13 aromatic rings. The predicted molar refractivity (Wildman–Crippen MR) is 306 cm³/mol. The topological polar surface area (TPSA) is 51.8 Å². The molecule has 0 unspecified atom stereocenters. The van der Waals surface area contributed by atoms with E-state index in [0.717, 1.165) is 134 Å². The van der Waals surface area contributed by atoms with Crippen molar-refractivity contribution in [2.75, 3.05) is 0 Å². The lowest BCUT2D eigenvalue weighted by molar-refractivity contribution is 0.669. The minimum atomic E-state index is 0.887. The van der Waals surface area contributed by atoms with Crippen molar-refractivity contribution in [2.45, 2.75) is 6.92 Å². The molecule has 74 heavy (non-hydrogen) atoms. The second-order valence-corrected chi connectivity index (χ2v) is 18.8. The number of benzene rings is 9. The van der Waals surface area contributed by atoms with Gasteiger partial charge in [-0.05, 0) is 134 Å². The Hall–Kier alpha value is -9.77. The van der Waals surface area contributed by atoms with Crippen LogP contribution < -0.4 is 0 Å². The Balaban J connectivity index is 0.899. The molecule has 0 N–H and O–H groups in total. The minimum absolute atomic E-state index is 0.887. The fourth-order valence-corrected chi connectivity index (χ4v) is 10.4. The van der Waals surface area contributed by atoms with E-state index in [4.69, 9.17) is 19.4 Å². The Labute approximate surface area is 430 Å². The van der Waals surface area contributed by atoms with E-state index in [9.17, 15) is 0 Å². The molecular formula is C70H47N3O. The van der Waals surface area contributed by atoms with Crippen LogP contribution in [0.1, 0.15) is 5.56 Å². The van der Waals surface area contributed by atoms with Gasteiger partial charge in [0.1, 0.15) is 11.2 Å². The van der Waals surface area contributed by atoms with Gasteiger partial charge in [-0.2, -0.15) is 0 Å². The van der Waals surface area contributed by atoms with Crippen LogP contribution in [0, 0.1) is 6.92 Å². The minimum Gasteiger partial charge on any atom is -0.456 e. The summed E-state index contributed by atoms with van der Waals surface area (Å²) in [6, 6.07) is 88.0. The van der Waals surface area contributed by atoms with Crippen molar-refractivity contribution in [3.05, 3.63) is 273 Å². The van der Waals surface area contributed by atoms with Crippen LogP contribution in [0.25, 0.3) is 134 Å². The van der Waals surface area contributed by atoms with Gasteiger partial charge in [-0.25, -0.2) is 0 Å². The quantitative estimate of drug-likeness (QED) is 0.137. The molecule has 0 aliphatic carbocycles. The molecule has 4 heteroatoms. The van der Waals surface area contributed by atoms with Gasteiger partial charge >= 0.3 is 0 Å².